The highest BCUT2D eigenvalue weighted by molar-refractivity contribution is 5.92. The van der Waals surface area contributed by atoms with Gasteiger partial charge in [0.25, 0.3) is 5.69 Å². The first-order valence-corrected chi connectivity index (χ1v) is 12.6. The summed E-state index contributed by atoms with van der Waals surface area (Å²) in [5.41, 5.74) is 3.87. The van der Waals surface area contributed by atoms with Gasteiger partial charge in [-0.3, -0.25) is 14.9 Å². The molecule has 7 heteroatoms. The maximum absolute atomic E-state index is 13.4. The predicted molar refractivity (Wildman–Crippen MR) is 153 cm³/mol. The summed E-state index contributed by atoms with van der Waals surface area (Å²) in [5, 5.41) is 12.1. The molecule has 0 aliphatic rings. The van der Waals surface area contributed by atoms with Crippen LogP contribution in [-0.4, -0.2) is 27.3 Å². The number of aromatic amines is 1. The summed E-state index contributed by atoms with van der Waals surface area (Å²) in [5.74, 6) is 1.29. The maximum atomic E-state index is 13.4. The number of carbonyl (C=O) groups is 1. The largest absolute Gasteiger partial charge is 0.457 e. The molecule has 39 heavy (non-hydrogen) atoms. The Morgan fingerprint density at radius 3 is 2.44 bits per heavy atom. The molecule has 0 spiro atoms. The average molecular weight is 518 g/mol. The molecule has 1 aromatic heterocycles. The molecule has 0 saturated carbocycles. The van der Waals surface area contributed by atoms with Gasteiger partial charge in [-0.2, -0.15) is 0 Å². The number of nitrogens with zero attached hydrogens (tertiary/aromatic N) is 2. The quantitative estimate of drug-likeness (QED) is 0.121. The number of hydrogen-bond donors (Lipinski definition) is 1. The molecule has 0 fully saturated rings. The lowest BCUT2D eigenvalue weighted by atomic mass is 10.1. The van der Waals surface area contributed by atoms with Crippen LogP contribution in [0.3, 0.4) is 0 Å². The number of non-ortho nitro benzene ring substituents is 1. The zero-order valence-electron chi connectivity index (χ0n) is 21.2. The Kier molecular flexibility index (Phi) is 7.79. The van der Waals surface area contributed by atoms with Crippen molar-refractivity contribution in [2.45, 2.75) is 13.0 Å². The number of ether oxygens (including phenoxy) is 1. The van der Waals surface area contributed by atoms with E-state index in [0.717, 1.165) is 27.8 Å². The Balaban J connectivity index is 1.35. The number of hydrogen-bond acceptors (Lipinski definition) is 4. The van der Waals surface area contributed by atoms with Crippen molar-refractivity contribution in [3.63, 3.8) is 0 Å². The number of aromatic nitrogens is 1. The molecular formula is C32H27N3O4. The second kappa shape index (κ2) is 11.9. The van der Waals surface area contributed by atoms with Crippen molar-refractivity contribution in [2.24, 2.45) is 0 Å². The van der Waals surface area contributed by atoms with Gasteiger partial charge >= 0.3 is 0 Å². The van der Waals surface area contributed by atoms with Crippen molar-refractivity contribution in [1.29, 1.82) is 0 Å². The van der Waals surface area contributed by atoms with Crippen LogP contribution in [0.25, 0.3) is 17.0 Å². The van der Waals surface area contributed by atoms with E-state index in [9.17, 15) is 14.9 Å². The summed E-state index contributed by atoms with van der Waals surface area (Å²) in [6.07, 6.45) is 5.87. The summed E-state index contributed by atoms with van der Waals surface area (Å²) in [4.78, 5) is 29.0. The maximum Gasteiger partial charge on any atom is 0.269 e. The van der Waals surface area contributed by atoms with Crippen molar-refractivity contribution in [2.75, 3.05) is 6.54 Å². The second-order valence-electron chi connectivity index (χ2n) is 9.11. The molecular weight excluding hydrogens is 490 g/mol. The fraction of sp³-hybridized carbons (Fsp3) is 0.0938. The average Bonchev–Trinajstić information content (AvgIpc) is 3.38. The van der Waals surface area contributed by atoms with Crippen LogP contribution >= 0.6 is 0 Å². The first-order chi connectivity index (χ1) is 19.0. The number of amides is 1. The minimum absolute atomic E-state index is 0.0106. The van der Waals surface area contributed by atoms with Gasteiger partial charge in [0.2, 0.25) is 5.91 Å². The van der Waals surface area contributed by atoms with Crippen LogP contribution < -0.4 is 4.74 Å². The summed E-state index contributed by atoms with van der Waals surface area (Å²) >= 11 is 0. The topological polar surface area (TPSA) is 88.5 Å². The van der Waals surface area contributed by atoms with E-state index in [1.54, 1.807) is 23.1 Å². The highest BCUT2D eigenvalue weighted by atomic mass is 16.6. The molecule has 0 aliphatic heterocycles. The van der Waals surface area contributed by atoms with E-state index in [2.05, 4.69) is 11.1 Å². The fourth-order valence-corrected chi connectivity index (χ4v) is 4.39. The van der Waals surface area contributed by atoms with E-state index in [-0.39, 0.29) is 11.6 Å². The zero-order chi connectivity index (χ0) is 27.0. The van der Waals surface area contributed by atoms with Gasteiger partial charge in [0.1, 0.15) is 11.5 Å². The molecule has 0 aliphatic carbocycles. The molecule has 0 radical (unpaired) electrons. The smallest absolute Gasteiger partial charge is 0.269 e. The Labute approximate surface area is 226 Å². The van der Waals surface area contributed by atoms with E-state index < -0.39 is 4.92 Å². The first-order valence-electron chi connectivity index (χ1n) is 12.6. The van der Waals surface area contributed by atoms with Crippen molar-refractivity contribution >= 4 is 28.6 Å². The minimum Gasteiger partial charge on any atom is -0.457 e. The number of benzene rings is 4. The molecule has 1 heterocycles. The molecule has 5 aromatic rings. The van der Waals surface area contributed by atoms with Crippen molar-refractivity contribution in [1.82, 2.24) is 9.88 Å². The van der Waals surface area contributed by atoms with Crippen LogP contribution in [-0.2, 0) is 17.8 Å². The molecule has 5 rings (SSSR count). The monoisotopic (exact) mass is 517 g/mol. The number of nitrogens with one attached hydrogen (secondary N) is 1. The van der Waals surface area contributed by atoms with Crippen LogP contribution in [0.1, 0.15) is 16.7 Å². The Morgan fingerprint density at radius 2 is 1.64 bits per heavy atom. The van der Waals surface area contributed by atoms with Crippen LogP contribution in [0.15, 0.2) is 115 Å². The SMILES string of the molecule is O=C(/C=C/c1ccc([N+](=O)[O-])cc1)N(CCc1c[nH]c2ccccc12)Cc1cccc(Oc2ccccc2)c1. The molecule has 194 valence electrons. The molecule has 1 amide bonds. The van der Waals surface area contributed by atoms with E-state index in [4.69, 9.17) is 4.74 Å². The summed E-state index contributed by atoms with van der Waals surface area (Å²) < 4.78 is 5.99. The standard InChI is InChI=1S/C32H27N3O4/c36-32(18-15-24-13-16-27(17-14-24)35(37)38)34(20-19-26-22-33-31-12-5-4-11-30(26)31)23-25-7-6-10-29(21-25)39-28-8-2-1-3-9-28/h1-18,21-22,33H,19-20,23H2/b18-15+. The van der Waals surface area contributed by atoms with Gasteiger partial charge in [0.05, 0.1) is 4.92 Å². The van der Waals surface area contributed by atoms with Crippen molar-refractivity contribution < 1.29 is 14.5 Å². The van der Waals surface area contributed by atoms with E-state index in [0.29, 0.717) is 30.8 Å². The highest BCUT2D eigenvalue weighted by Crippen LogP contribution is 2.23. The van der Waals surface area contributed by atoms with Crippen LogP contribution in [0.4, 0.5) is 5.69 Å². The van der Waals surface area contributed by atoms with Gasteiger partial charge in [0, 0.05) is 48.4 Å². The van der Waals surface area contributed by atoms with Gasteiger partial charge in [-0.15, -0.1) is 0 Å². The lowest BCUT2D eigenvalue weighted by Gasteiger charge is -2.22. The molecule has 0 saturated heterocycles. The molecule has 0 bridgehead atoms. The molecule has 0 unspecified atom stereocenters. The van der Waals surface area contributed by atoms with Gasteiger partial charge in [-0.05, 0) is 71.7 Å². The van der Waals surface area contributed by atoms with Crippen LogP contribution in [0, 0.1) is 10.1 Å². The Hall–Kier alpha value is -5.17. The van der Waals surface area contributed by atoms with Crippen molar-refractivity contribution in [3.8, 4) is 11.5 Å². The Morgan fingerprint density at radius 1 is 0.897 bits per heavy atom. The third kappa shape index (κ3) is 6.59. The molecule has 0 atom stereocenters. The number of nitro benzene ring substituents is 1. The molecule has 4 aromatic carbocycles. The summed E-state index contributed by atoms with van der Waals surface area (Å²) in [6, 6.07) is 31.5. The normalized spacial score (nSPS) is 11.1. The third-order valence-electron chi connectivity index (χ3n) is 6.41. The molecule has 1 N–H and O–H groups in total. The highest BCUT2D eigenvalue weighted by Gasteiger charge is 2.14. The van der Waals surface area contributed by atoms with E-state index >= 15 is 0 Å². The van der Waals surface area contributed by atoms with Gasteiger partial charge in [-0.1, -0.05) is 48.5 Å². The van der Waals surface area contributed by atoms with E-state index in [1.807, 2.05) is 79.0 Å². The number of fused-ring (bicyclic) bond motifs is 1. The lowest BCUT2D eigenvalue weighted by molar-refractivity contribution is -0.384. The third-order valence-corrected chi connectivity index (χ3v) is 6.41. The second-order valence-corrected chi connectivity index (χ2v) is 9.11. The van der Waals surface area contributed by atoms with Crippen LogP contribution in [0.2, 0.25) is 0 Å². The number of H-pyrrole nitrogens is 1. The number of rotatable bonds is 10. The minimum atomic E-state index is -0.444. The first kappa shape index (κ1) is 25.5. The predicted octanol–water partition coefficient (Wildman–Crippen LogP) is 7.15. The molecule has 7 nitrogen and oxygen atoms in total. The summed E-state index contributed by atoms with van der Waals surface area (Å²) in [6.45, 7) is 0.910. The number of nitro groups is 1. The zero-order valence-corrected chi connectivity index (χ0v) is 21.2. The van der Waals surface area contributed by atoms with E-state index in [1.165, 1.54) is 18.2 Å². The number of para-hydroxylation sites is 2. The van der Waals surface area contributed by atoms with Gasteiger partial charge in [-0.25, -0.2) is 0 Å². The van der Waals surface area contributed by atoms with Crippen molar-refractivity contribution in [3.05, 3.63) is 142 Å². The summed E-state index contributed by atoms with van der Waals surface area (Å²) in [7, 11) is 0. The fourth-order valence-electron chi connectivity index (χ4n) is 4.39. The van der Waals surface area contributed by atoms with Gasteiger partial charge < -0.3 is 14.6 Å². The Bertz CT molecular complexity index is 1610. The van der Waals surface area contributed by atoms with Gasteiger partial charge in [0.15, 0.2) is 0 Å². The van der Waals surface area contributed by atoms with Crippen LogP contribution in [0.5, 0.6) is 11.5 Å². The lowest BCUT2D eigenvalue weighted by Crippen LogP contribution is -2.31. The number of carbonyl (C=O) groups excluding carboxylic acids is 1.